The fourth-order valence-corrected chi connectivity index (χ4v) is 5.62. The van der Waals surface area contributed by atoms with Crippen LogP contribution < -0.4 is 4.90 Å². The second-order valence-electron chi connectivity index (χ2n) is 9.32. The minimum Gasteiger partial charge on any atom is -0.481 e. The molecule has 0 saturated carbocycles. The van der Waals surface area contributed by atoms with E-state index in [1.165, 1.54) is 5.56 Å². The molecule has 31 heavy (non-hydrogen) atoms. The molecule has 2 saturated heterocycles. The third-order valence-corrected chi connectivity index (χ3v) is 7.00. The van der Waals surface area contributed by atoms with Crippen LogP contribution in [-0.4, -0.2) is 17.1 Å². The molecule has 2 bridgehead atoms. The maximum atomic E-state index is 13.1. The molecular weight excluding hydrogens is 403 g/mol. The minimum atomic E-state index is -4.38. The number of carboxylic acids is 1. The number of hydrogen-bond acceptors (Lipinski definition) is 2. The van der Waals surface area contributed by atoms with Crippen LogP contribution in [-0.2, 0) is 16.5 Å². The molecule has 2 aromatic carbocycles. The van der Waals surface area contributed by atoms with Gasteiger partial charge in [-0.3, -0.25) is 4.79 Å². The number of rotatable bonds is 5. The molecule has 0 unspecified atom stereocenters. The van der Waals surface area contributed by atoms with Crippen molar-refractivity contribution in [1.82, 2.24) is 0 Å². The minimum absolute atomic E-state index is 0.0125. The van der Waals surface area contributed by atoms with Gasteiger partial charge in [0, 0.05) is 18.2 Å². The van der Waals surface area contributed by atoms with Crippen LogP contribution in [0.5, 0.6) is 0 Å². The summed E-state index contributed by atoms with van der Waals surface area (Å²) < 4.78 is 39.4. The summed E-state index contributed by atoms with van der Waals surface area (Å²) in [6, 6.07) is 14.1. The Kier molecular flexibility index (Phi) is 5.52. The topological polar surface area (TPSA) is 40.5 Å². The first kappa shape index (κ1) is 21.7. The Labute approximate surface area is 180 Å². The first-order valence-corrected chi connectivity index (χ1v) is 10.9. The number of fused-ring (bicyclic) bond motifs is 2. The van der Waals surface area contributed by atoms with Crippen LogP contribution in [0.1, 0.15) is 68.6 Å². The smallest absolute Gasteiger partial charge is 0.416 e. The summed E-state index contributed by atoms with van der Waals surface area (Å²) in [7, 11) is 0. The number of benzene rings is 2. The van der Waals surface area contributed by atoms with E-state index in [9.17, 15) is 23.1 Å². The van der Waals surface area contributed by atoms with E-state index in [0.29, 0.717) is 12.3 Å². The van der Waals surface area contributed by atoms with Gasteiger partial charge in [0.2, 0.25) is 0 Å². The number of anilines is 1. The molecule has 0 aliphatic carbocycles. The number of carbonyl (C=O) groups is 1. The molecule has 3 atom stereocenters. The van der Waals surface area contributed by atoms with E-state index in [0.717, 1.165) is 42.6 Å². The van der Waals surface area contributed by atoms with Gasteiger partial charge < -0.3 is 10.0 Å². The maximum absolute atomic E-state index is 13.1. The van der Waals surface area contributed by atoms with Crippen molar-refractivity contribution in [1.29, 1.82) is 0 Å². The molecular formula is C25H28F3NO2. The molecule has 0 amide bonds. The van der Waals surface area contributed by atoms with Crippen molar-refractivity contribution >= 4 is 11.7 Å². The van der Waals surface area contributed by atoms with Crippen molar-refractivity contribution in [3.8, 4) is 0 Å². The largest absolute Gasteiger partial charge is 0.481 e. The molecule has 0 aromatic heterocycles. The number of aliphatic carboxylic acids is 1. The number of hydrogen-bond donors (Lipinski definition) is 1. The van der Waals surface area contributed by atoms with Crippen LogP contribution in [0.15, 0.2) is 48.5 Å². The lowest BCUT2D eigenvalue weighted by Gasteiger charge is -2.49. The number of halogens is 3. The van der Waals surface area contributed by atoms with E-state index in [1.807, 2.05) is 0 Å². The van der Waals surface area contributed by atoms with E-state index < -0.39 is 23.2 Å². The fraction of sp³-hybridized carbons (Fsp3) is 0.480. The van der Waals surface area contributed by atoms with Crippen molar-refractivity contribution < 1.29 is 23.1 Å². The highest BCUT2D eigenvalue weighted by Crippen LogP contribution is 2.55. The van der Waals surface area contributed by atoms with Crippen LogP contribution in [0.2, 0.25) is 0 Å². The van der Waals surface area contributed by atoms with Crippen LogP contribution in [0, 0.1) is 5.92 Å². The summed E-state index contributed by atoms with van der Waals surface area (Å²) in [4.78, 5) is 13.8. The molecule has 2 aliphatic rings. The average molecular weight is 431 g/mol. The summed E-state index contributed by atoms with van der Waals surface area (Å²) in [5.41, 5.74) is 1.99. The van der Waals surface area contributed by atoms with Crippen molar-refractivity contribution in [2.75, 3.05) is 4.90 Å². The predicted octanol–water partition coefficient (Wildman–Crippen LogP) is 6.58. The standard InChI is InChI=1S/C25H28F3NO2/c1-16(2)18-3-9-21(10-4-18)29-22-11-12-24(29,15-17(13-22)14-23(30)31)19-5-7-20(8-6-19)25(26,27)28/h3-10,16-17,22H,11-15H2,1-2H3,(H,30,31)/t17-,22-,24+/m1/s1. The Hall–Kier alpha value is -2.50. The van der Waals surface area contributed by atoms with Crippen molar-refractivity contribution in [3.63, 3.8) is 0 Å². The summed E-state index contributed by atoms with van der Waals surface area (Å²) in [6.07, 6.45) is -1.14. The second kappa shape index (κ2) is 7.88. The van der Waals surface area contributed by atoms with Gasteiger partial charge in [0.1, 0.15) is 0 Å². The quantitative estimate of drug-likeness (QED) is 0.581. The Morgan fingerprint density at radius 2 is 1.77 bits per heavy atom. The van der Waals surface area contributed by atoms with Gasteiger partial charge in [-0.25, -0.2) is 0 Å². The van der Waals surface area contributed by atoms with E-state index in [4.69, 9.17) is 0 Å². The van der Waals surface area contributed by atoms with E-state index in [-0.39, 0.29) is 18.4 Å². The molecule has 2 fully saturated rings. The zero-order valence-corrected chi connectivity index (χ0v) is 17.8. The molecule has 0 spiro atoms. The highest BCUT2D eigenvalue weighted by Gasteiger charge is 2.53. The first-order valence-electron chi connectivity index (χ1n) is 10.9. The molecule has 6 heteroatoms. The van der Waals surface area contributed by atoms with Gasteiger partial charge in [0.25, 0.3) is 0 Å². The number of piperidine rings is 1. The Morgan fingerprint density at radius 3 is 2.32 bits per heavy atom. The van der Waals surface area contributed by atoms with Crippen molar-refractivity contribution in [3.05, 3.63) is 65.2 Å². The number of alkyl halides is 3. The first-order chi connectivity index (χ1) is 14.6. The summed E-state index contributed by atoms with van der Waals surface area (Å²) in [6.45, 7) is 4.28. The molecule has 4 rings (SSSR count). The molecule has 2 heterocycles. The molecule has 2 aromatic rings. The predicted molar refractivity (Wildman–Crippen MR) is 114 cm³/mol. The molecule has 1 N–H and O–H groups in total. The summed E-state index contributed by atoms with van der Waals surface area (Å²) in [5.74, 6) is -0.392. The lowest BCUT2D eigenvalue weighted by Crippen LogP contribution is -2.51. The Balaban J connectivity index is 1.75. The normalized spacial score (nSPS) is 25.8. The van der Waals surface area contributed by atoms with Gasteiger partial charge in [-0.15, -0.1) is 0 Å². The van der Waals surface area contributed by atoms with Gasteiger partial charge in [0.15, 0.2) is 0 Å². The Morgan fingerprint density at radius 1 is 1.13 bits per heavy atom. The highest BCUT2D eigenvalue weighted by atomic mass is 19.4. The van der Waals surface area contributed by atoms with Gasteiger partial charge in [-0.1, -0.05) is 38.1 Å². The third-order valence-electron chi connectivity index (χ3n) is 7.00. The van der Waals surface area contributed by atoms with Gasteiger partial charge in [-0.05, 0) is 72.9 Å². The zero-order chi connectivity index (χ0) is 22.4. The van der Waals surface area contributed by atoms with Crippen LogP contribution in [0.4, 0.5) is 18.9 Å². The van der Waals surface area contributed by atoms with Crippen LogP contribution >= 0.6 is 0 Å². The van der Waals surface area contributed by atoms with E-state index in [1.54, 1.807) is 12.1 Å². The van der Waals surface area contributed by atoms with E-state index in [2.05, 4.69) is 43.0 Å². The van der Waals surface area contributed by atoms with Gasteiger partial charge >= 0.3 is 12.1 Å². The van der Waals surface area contributed by atoms with Gasteiger partial charge in [-0.2, -0.15) is 13.2 Å². The van der Waals surface area contributed by atoms with Gasteiger partial charge in [0.05, 0.1) is 11.1 Å². The van der Waals surface area contributed by atoms with E-state index >= 15 is 0 Å². The molecule has 3 nitrogen and oxygen atoms in total. The second-order valence-corrected chi connectivity index (χ2v) is 9.32. The molecule has 2 aliphatic heterocycles. The lowest BCUT2D eigenvalue weighted by molar-refractivity contribution is -0.139. The fourth-order valence-electron chi connectivity index (χ4n) is 5.62. The number of carboxylic acid groups (broad SMARTS) is 1. The molecule has 0 radical (unpaired) electrons. The zero-order valence-electron chi connectivity index (χ0n) is 17.8. The highest BCUT2D eigenvalue weighted by molar-refractivity contribution is 5.67. The van der Waals surface area contributed by atoms with Crippen molar-refractivity contribution in [2.45, 2.75) is 69.6 Å². The molecule has 166 valence electrons. The average Bonchev–Trinajstić information content (AvgIpc) is 2.95. The summed E-state index contributed by atoms with van der Waals surface area (Å²) >= 11 is 0. The number of nitrogens with zero attached hydrogens (tertiary/aromatic N) is 1. The maximum Gasteiger partial charge on any atom is 0.416 e. The third kappa shape index (κ3) is 4.04. The summed E-state index contributed by atoms with van der Waals surface area (Å²) in [5, 5.41) is 9.37. The van der Waals surface area contributed by atoms with Crippen LogP contribution in [0.25, 0.3) is 0 Å². The SMILES string of the molecule is CC(C)c1ccc(N2[C@@H]3CC[C@@]2(c2ccc(C(F)(F)F)cc2)C[C@@H](CC(=O)O)C3)cc1. The lowest BCUT2D eigenvalue weighted by atomic mass is 9.75. The van der Waals surface area contributed by atoms with Crippen LogP contribution in [0.3, 0.4) is 0 Å². The van der Waals surface area contributed by atoms with Crippen molar-refractivity contribution in [2.24, 2.45) is 5.92 Å². The Bertz CT molecular complexity index is 937. The monoisotopic (exact) mass is 431 g/mol.